The van der Waals surface area contributed by atoms with Crippen molar-refractivity contribution in [2.24, 2.45) is 0 Å². The molecule has 1 saturated heterocycles. The van der Waals surface area contributed by atoms with Gasteiger partial charge in [-0.25, -0.2) is 9.50 Å². The third kappa shape index (κ3) is 2.16. The molecule has 0 aliphatic carbocycles. The van der Waals surface area contributed by atoms with Crippen molar-refractivity contribution in [2.75, 3.05) is 13.1 Å². The second-order valence-corrected chi connectivity index (χ2v) is 5.36. The van der Waals surface area contributed by atoms with E-state index in [4.69, 9.17) is 0 Å². The minimum Gasteiger partial charge on any atom is -0.391 e. The van der Waals surface area contributed by atoms with Gasteiger partial charge in [-0.05, 0) is 26.7 Å². The molecule has 20 heavy (non-hydrogen) atoms. The van der Waals surface area contributed by atoms with Crippen molar-refractivity contribution in [3.8, 4) is 0 Å². The minimum atomic E-state index is -0.420. The molecule has 3 heterocycles. The average molecular weight is 274 g/mol. The van der Waals surface area contributed by atoms with E-state index in [-0.39, 0.29) is 5.91 Å². The van der Waals surface area contributed by atoms with Crippen LogP contribution in [0.2, 0.25) is 0 Å². The van der Waals surface area contributed by atoms with Gasteiger partial charge in [-0.2, -0.15) is 5.10 Å². The van der Waals surface area contributed by atoms with Gasteiger partial charge in [0.05, 0.1) is 23.1 Å². The van der Waals surface area contributed by atoms with E-state index in [2.05, 4.69) is 10.1 Å². The number of amides is 1. The van der Waals surface area contributed by atoms with Gasteiger partial charge < -0.3 is 10.0 Å². The number of carbonyl (C=O) groups excluding carboxylic acids is 1. The molecule has 6 heteroatoms. The number of piperidine rings is 1. The Balaban J connectivity index is 1.96. The van der Waals surface area contributed by atoms with Crippen LogP contribution in [-0.2, 0) is 0 Å². The van der Waals surface area contributed by atoms with Crippen LogP contribution >= 0.6 is 0 Å². The Bertz CT molecular complexity index is 664. The van der Waals surface area contributed by atoms with E-state index in [9.17, 15) is 9.90 Å². The molecule has 3 rings (SSSR count). The highest BCUT2D eigenvalue weighted by Crippen LogP contribution is 2.17. The second kappa shape index (κ2) is 4.86. The van der Waals surface area contributed by atoms with Crippen LogP contribution in [0.25, 0.3) is 5.65 Å². The summed E-state index contributed by atoms with van der Waals surface area (Å²) >= 11 is 0. The normalized spacial score (nSPS) is 19.6. The summed E-state index contributed by atoms with van der Waals surface area (Å²) in [7, 11) is 0. The van der Waals surface area contributed by atoms with Crippen LogP contribution in [0.1, 0.15) is 34.6 Å². The molecule has 2 aromatic rings. The summed E-state index contributed by atoms with van der Waals surface area (Å²) in [4.78, 5) is 18.5. The Labute approximate surface area is 117 Å². The molecule has 0 aromatic carbocycles. The smallest absolute Gasteiger partial charge is 0.257 e. The predicted octanol–water partition coefficient (Wildman–Crippen LogP) is 0.943. The predicted molar refractivity (Wildman–Crippen MR) is 73.6 cm³/mol. The number of fused-ring (bicyclic) bond motifs is 1. The first-order valence-electron chi connectivity index (χ1n) is 6.85. The molecule has 106 valence electrons. The lowest BCUT2D eigenvalue weighted by Gasteiger charge is -2.30. The first kappa shape index (κ1) is 13.1. The fraction of sp³-hybridized carbons (Fsp3) is 0.500. The monoisotopic (exact) mass is 274 g/mol. The molecule has 0 radical (unpaired) electrons. The van der Waals surface area contributed by atoms with Gasteiger partial charge in [0.15, 0.2) is 5.65 Å². The standard InChI is InChI=1S/C14H18N4O2/c1-9-6-13-15-7-12(10(2)18(13)16-9)14(20)17-5-3-4-11(19)8-17/h6-7,11,19H,3-5,8H2,1-2H3. The Morgan fingerprint density at radius 3 is 3.00 bits per heavy atom. The Morgan fingerprint density at radius 2 is 2.25 bits per heavy atom. The van der Waals surface area contributed by atoms with E-state index < -0.39 is 6.10 Å². The minimum absolute atomic E-state index is 0.0798. The van der Waals surface area contributed by atoms with Crippen molar-refractivity contribution < 1.29 is 9.90 Å². The molecule has 1 aliphatic heterocycles. The summed E-state index contributed by atoms with van der Waals surface area (Å²) in [5.74, 6) is -0.0798. The first-order valence-corrected chi connectivity index (χ1v) is 6.85. The highest BCUT2D eigenvalue weighted by molar-refractivity contribution is 5.95. The van der Waals surface area contributed by atoms with Crippen molar-refractivity contribution in [3.63, 3.8) is 0 Å². The van der Waals surface area contributed by atoms with Crippen LogP contribution in [0.5, 0.6) is 0 Å². The van der Waals surface area contributed by atoms with Crippen LogP contribution in [0.3, 0.4) is 0 Å². The van der Waals surface area contributed by atoms with E-state index in [1.54, 1.807) is 15.6 Å². The van der Waals surface area contributed by atoms with Gasteiger partial charge in [0, 0.05) is 25.4 Å². The molecule has 6 nitrogen and oxygen atoms in total. The van der Waals surface area contributed by atoms with Crippen LogP contribution < -0.4 is 0 Å². The maximum Gasteiger partial charge on any atom is 0.257 e. The molecular formula is C14H18N4O2. The zero-order chi connectivity index (χ0) is 14.3. The molecule has 0 bridgehead atoms. The number of carbonyl (C=O) groups is 1. The van der Waals surface area contributed by atoms with E-state index >= 15 is 0 Å². The number of nitrogens with zero attached hydrogens (tertiary/aromatic N) is 4. The van der Waals surface area contributed by atoms with E-state index in [1.807, 2.05) is 19.9 Å². The summed E-state index contributed by atoms with van der Waals surface area (Å²) in [6, 6.07) is 1.88. The van der Waals surface area contributed by atoms with Gasteiger partial charge in [0.25, 0.3) is 5.91 Å². The van der Waals surface area contributed by atoms with Gasteiger partial charge in [0.2, 0.25) is 0 Å². The summed E-state index contributed by atoms with van der Waals surface area (Å²) < 4.78 is 1.70. The number of aromatic nitrogens is 3. The Kier molecular flexibility index (Phi) is 3.17. The van der Waals surface area contributed by atoms with Gasteiger partial charge in [-0.1, -0.05) is 0 Å². The summed E-state index contributed by atoms with van der Waals surface area (Å²) in [5, 5.41) is 14.0. The summed E-state index contributed by atoms with van der Waals surface area (Å²) in [5.41, 5.74) is 2.96. The highest BCUT2D eigenvalue weighted by atomic mass is 16.3. The molecule has 0 saturated carbocycles. The molecule has 2 aromatic heterocycles. The molecule has 1 atom stereocenters. The van der Waals surface area contributed by atoms with Crippen molar-refractivity contribution >= 4 is 11.6 Å². The SMILES string of the molecule is Cc1cc2ncc(C(=O)N3CCCC(O)C3)c(C)n2n1. The largest absolute Gasteiger partial charge is 0.391 e. The molecule has 0 spiro atoms. The number of likely N-dealkylation sites (tertiary alicyclic amines) is 1. The van der Waals surface area contributed by atoms with Gasteiger partial charge >= 0.3 is 0 Å². The number of rotatable bonds is 1. The summed E-state index contributed by atoms with van der Waals surface area (Å²) in [6.45, 7) is 4.85. The molecule has 1 N–H and O–H groups in total. The highest BCUT2D eigenvalue weighted by Gasteiger charge is 2.25. The fourth-order valence-electron chi connectivity index (χ4n) is 2.68. The Morgan fingerprint density at radius 1 is 1.45 bits per heavy atom. The lowest BCUT2D eigenvalue weighted by Crippen LogP contribution is -2.42. The van der Waals surface area contributed by atoms with Crippen LogP contribution in [0.15, 0.2) is 12.3 Å². The zero-order valence-electron chi connectivity index (χ0n) is 11.7. The number of β-amino-alcohol motifs (C(OH)–C–C–N with tert-alkyl or cyclic N) is 1. The van der Waals surface area contributed by atoms with Crippen molar-refractivity contribution in [1.82, 2.24) is 19.5 Å². The van der Waals surface area contributed by atoms with E-state index in [1.165, 1.54) is 0 Å². The third-order valence-electron chi connectivity index (χ3n) is 3.76. The zero-order valence-corrected chi connectivity index (χ0v) is 11.7. The van der Waals surface area contributed by atoms with Crippen molar-refractivity contribution in [3.05, 3.63) is 29.2 Å². The topological polar surface area (TPSA) is 70.7 Å². The Hall–Kier alpha value is -1.95. The maximum atomic E-state index is 12.6. The number of aliphatic hydroxyl groups excluding tert-OH is 1. The van der Waals surface area contributed by atoms with E-state index in [0.29, 0.717) is 18.7 Å². The molecule has 1 aliphatic rings. The lowest BCUT2D eigenvalue weighted by molar-refractivity contribution is 0.0472. The average Bonchev–Trinajstić information content (AvgIpc) is 2.80. The third-order valence-corrected chi connectivity index (χ3v) is 3.76. The first-order chi connectivity index (χ1) is 9.56. The molecule has 1 unspecified atom stereocenters. The van der Waals surface area contributed by atoms with E-state index in [0.717, 1.165) is 29.9 Å². The van der Waals surface area contributed by atoms with Crippen LogP contribution in [-0.4, -0.2) is 49.7 Å². The second-order valence-electron chi connectivity index (χ2n) is 5.36. The van der Waals surface area contributed by atoms with Gasteiger partial charge in [-0.3, -0.25) is 4.79 Å². The van der Waals surface area contributed by atoms with Gasteiger partial charge in [-0.15, -0.1) is 0 Å². The van der Waals surface area contributed by atoms with Crippen LogP contribution in [0.4, 0.5) is 0 Å². The molecular weight excluding hydrogens is 256 g/mol. The lowest BCUT2D eigenvalue weighted by atomic mass is 10.1. The van der Waals surface area contributed by atoms with Crippen molar-refractivity contribution in [1.29, 1.82) is 0 Å². The molecule has 1 amide bonds. The van der Waals surface area contributed by atoms with Crippen molar-refractivity contribution in [2.45, 2.75) is 32.8 Å². The fourth-order valence-corrected chi connectivity index (χ4v) is 2.68. The number of aryl methyl sites for hydroxylation is 2. The van der Waals surface area contributed by atoms with Gasteiger partial charge in [0.1, 0.15) is 0 Å². The number of aliphatic hydroxyl groups is 1. The quantitative estimate of drug-likeness (QED) is 0.840. The summed E-state index contributed by atoms with van der Waals surface area (Å²) in [6.07, 6.45) is 2.78. The van der Waals surface area contributed by atoms with Crippen LogP contribution in [0, 0.1) is 13.8 Å². The molecule has 1 fully saturated rings. The number of hydrogen-bond donors (Lipinski definition) is 1. The maximum absolute atomic E-state index is 12.6. The number of hydrogen-bond acceptors (Lipinski definition) is 4.